The molecular formula is C17H16S. The van der Waals surface area contributed by atoms with Crippen LogP contribution in [-0.4, -0.2) is 0 Å². The van der Waals surface area contributed by atoms with Crippen LogP contribution in [0, 0.1) is 0 Å². The van der Waals surface area contributed by atoms with E-state index in [0.717, 1.165) is 5.75 Å². The van der Waals surface area contributed by atoms with Gasteiger partial charge in [0.25, 0.3) is 0 Å². The number of rotatable bonds is 5. The SMILES string of the molecule is C(=C/SCc1ccccc1)/C=C/c1ccccc1. The summed E-state index contributed by atoms with van der Waals surface area (Å²) in [6.07, 6.45) is 6.27. The summed E-state index contributed by atoms with van der Waals surface area (Å²) in [5, 5.41) is 2.13. The van der Waals surface area contributed by atoms with Gasteiger partial charge < -0.3 is 0 Å². The molecule has 0 bridgehead atoms. The van der Waals surface area contributed by atoms with Gasteiger partial charge in [0, 0.05) is 5.75 Å². The van der Waals surface area contributed by atoms with Crippen LogP contribution in [0.15, 0.2) is 78.2 Å². The van der Waals surface area contributed by atoms with Gasteiger partial charge in [-0.3, -0.25) is 0 Å². The first-order valence-corrected chi connectivity index (χ1v) is 7.04. The summed E-state index contributed by atoms with van der Waals surface area (Å²) in [6.45, 7) is 0. The van der Waals surface area contributed by atoms with Gasteiger partial charge in [-0.25, -0.2) is 0 Å². The molecule has 90 valence electrons. The summed E-state index contributed by atoms with van der Waals surface area (Å²) in [5.74, 6) is 1.02. The molecular weight excluding hydrogens is 236 g/mol. The van der Waals surface area contributed by atoms with Gasteiger partial charge in [0.2, 0.25) is 0 Å². The lowest BCUT2D eigenvalue weighted by molar-refractivity contribution is 1.42. The zero-order chi connectivity index (χ0) is 12.5. The molecule has 0 aliphatic rings. The zero-order valence-electron chi connectivity index (χ0n) is 10.2. The third-order valence-corrected chi connectivity index (χ3v) is 3.32. The average molecular weight is 252 g/mol. The van der Waals surface area contributed by atoms with Crippen molar-refractivity contribution in [3.8, 4) is 0 Å². The molecule has 2 rings (SSSR count). The first kappa shape index (κ1) is 12.7. The molecule has 0 saturated carbocycles. The van der Waals surface area contributed by atoms with Crippen molar-refractivity contribution < 1.29 is 0 Å². The second-order valence-electron chi connectivity index (χ2n) is 3.89. The summed E-state index contributed by atoms with van der Waals surface area (Å²) in [4.78, 5) is 0. The van der Waals surface area contributed by atoms with Crippen molar-refractivity contribution in [3.63, 3.8) is 0 Å². The maximum Gasteiger partial charge on any atom is 0.0226 e. The van der Waals surface area contributed by atoms with Crippen LogP contribution in [0.4, 0.5) is 0 Å². The minimum Gasteiger partial charge on any atom is -0.129 e. The number of benzene rings is 2. The van der Waals surface area contributed by atoms with E-state index in [0.29, 0.717) is 0 Å². The maximum atomic E-state index is 2.15. The summed E-state index contributed by atoms with van der Waals surface area (Å²) in [7, 11) is 0. The lowest BCUT2D eigenvalue weighted by Gasteiger charge is -1.95. The van der Waals surface area contributed by atoms with Crippen molar-refractivity contribution in [2.45, 2.75) is 5.75 Å². The molecule has 0 unspecified atom stereocenters. The summed E-state index contributed by atoms with van der Waals surface area (Å²) in [6, 6.07) is 20.8. The minimum absolute atomic E-state index is 1.02. The van der Waals surface area contributed by atoms with Gasteiger partial charge in [0.05, 0.1) is 0 Å². The van der Waals surface area contributed by atoms with E-state index in [-0.39, 0.29) is 0 Å². The van der Waals surface area contributed by atoms with Crippen LogP contribution in [0.1, 0.15) is 11.1 Å². The topological polar surface area (TPSA) is 0 Å². The Morgan fingerprint density at radius 3 is 2.17 bits per heavy atom. The Hall–Kier alpha value is -1.73. The van der Waals surface area contributed by atoms with Gasteiger partial charge in [-0.2, -0.15) is 0 Å². The quantitative estimate of drug-likeness (QED) is 0.663. The van der Waals surface area contributed by atoms with Gasteiger partial charge in [-0.05, 0) is 16.5 Å². The molecule has 0 saturated heterocycles. The standard InChI is InChI=1S/C17H16S/c1-3-9-16(10-4-1)11-7-8-14-18-15-17-12-5-2-6-13-17/h1-14H,15H2/b11-7+,14-8-. The van der Waals surface area contributed by atoms with Crippen molar-refractivity contribution in [3.05, 3.63) is 89.4 Å². The fraction of sp³-hybridized carbons (Fsp3) is 0.0588. The molecule has 0 heterocycles. The van der Waals surface area contributed by atoms with Crippen molar-refractivity contribution in [2.75, 3.05) is 0 Å². The van der Waals surface area contributed by atoms with Gasteiger partial charge in [0.15, 0.2) is 0 Å². The van der Waals surface area contributed by atoms with Crippen molar-refractivity contribution in [1.82, 2.24) is 0 Å². The first-order chi connectivity index (χ1) is 8.95. The predicted molar refractivity (Wildman–Crippen MR) is 82.4 cm³/mol. The van der Waals surface area contributed by atoms with E-state index < -0.39 is 0 Å². The minimum atomic E-state index is 1.02. The molecule has 18 heavy (non-hydrogen) atoms. The van der Waals surface area contributed by atoms with Crippen LogP contribution in [0.3, 0.4) is 0 Å². The zero-order valence-corrected chi connectivity index (χ0v) is 11.0. The molecule has 0 nitrogen and oxygen atoms in total. The van der Waals surface area contributed by atoms with E-state index in [9.17, 15) is 0 Å². The number of hydrogen-bond acceptors (Lipinski definition) is 1. The Balaban J connectivity index is 1.74. The average Bonchev–Trinajstić information content (AvgIpc) is 2.45. The Morgan fingerprint density at radius 1 is 0.778 bits per heavy atom. The monoisotopic (exact) mass is 252 g/mol. The van der Waals surface area contributed by atoms with Gasteiger partial charge >= 0.3 is 0 Å². The predicted octanol–water partition coefficient (Wildman–Crippen LogP) is 5.15. The normalized spacial score (nSPS) is 11.3. The van der Waals surface area contributed by atoms with Crippen LogP contribution in [0.5, 0.6) is 0 Å². The molecule has 1 heteroatoms. The summed E-state index contributed by atoms with van der Waals surface area (Å²) >= 11 is 1.81. The molecule has 0 amide bonds. The van der Waals surface area contributed by atoms with E-state index in [4.69, 9.17) is 0 Å². The van der Waals surface area contributed by atoms with E-state index in [1.165, 1.54) is 11.1 Å². The highest BCUT2D eigenvalue weighted by Gasteiger charge is 1.87. The Labute approximate surface area is 113 Å². The largest absolute Gasteiger partial charge is 0.129 e. The maximum absolute atomic E-state index is 2.15. The van der Waals surface area contributed by atoms with Gasteiger partial charge in [-0.15, -0.1) is 11.8 Å². The lowest BCUT2D eigenvalue weighted by atomic mass is 10.2. The fourth-order valence-electron chi connectivity index (χ4n) is 1.55. The van der Waals surface area contributed by atoms with Crippen molar-refractivity contribution in [2.24, 2.45) is 0 Å². The van der Waals surface area contributed by atoms with Crippen LogP contribution in [0.25, 0.3) is 6.08 Å². The summed E-state index contributed by atoms with van der Waals surface area (Å²) in [5.41, 5.74) is 2.59. The van der Waals surface area contributed by atoms with Crippen LogP contribution < -0.4 is 0 Å². The van der Waals surface area contributed by atoms with Crippen LogP contribution in [0.2, 0.25) is 0 Å². The Kier molecular flexibility index (Phi) is 5.35. The molecule has 0 fully saturated rings. The molecule has 0 atom stereocenters. The molecule has 0 spiro atoms. The molecule has 0 radical (unpaired) electrons. The second kappa shape index (κ2) is 7.57. The number of hydrogen-bond donors (Lipinski definition) is 0. The van der Waals surface area contributed by atoms with E-state index in [2.05, 4.69) is 60.0 Å². The van der Waals surface area contributed by atoms with Crippen LogP contribution in [-0.2, 0) is 5.75 Å². The number of allylic oxidation sites excluding steroid dienone is 2. The molecule has 0 aromatic heterocycles. The Bertz CT molecular complexity index is 498. The van der Waals surface area contributed by atoms with E-state index in [1.54, 1.807) is 0 Å². The Morgan fingerprint density at radius 2 is 1.44 bits per heavy atom. The smallest absolute Gasteiger partial charge is 0.0226 e. The van der Waals surface area contributed by atoms with Crippen molar-refractivity contribution >= 4 is 17.8 Å². The highest BCUT2D eigenvalue weighted by atomic mass is 32.2. The van der Waals surface area contributed by atoms with Gasteiger partial charge in [-0.1, -0.05) is 78.9 Å². The molecule has 0 aliphatic heterocycles. The van der Waals surface area contributed by atoms with Crippen LogP contribution >= 0.6 is 11.8 Å². The van der Waals surface area contributed by atoms with E-state index in [1.807, 2.05) is 36.0 Å². The summed E-state index contributed by atoms with van der Waals surface area (Å²) < 4.78 is 0. The number of thioether (sulfide) groups is 1. The molecule has 2 aromatic carbocycles. The lowest BCUT2D eigenvalue weighted by Crippen LogP contribution is -1.75. The van der Waals surface area contributed by atoms with E-state index >= 15 is 0 Å². The second-order valence-corrected chi connectivity index (χ2v) is 4.79. The van der Waals surface area contributed by atoms with Gasteiger partial charge in [0.1, 0.15) is 0 Å². The molecule has 0 N–H and O–H groups in total. The highest BCUT2D eigenvalue weighted by Crippen LogP contribution is 2.12. The third-order valence-electron chi connectivity index (χ3n) is 2.47. The fourth-order valence-corrected chi connectivity index (χ4v) is 2.23. The third kappa shape index (κ3) is 4.64. The first-order valence-electron chi connectivity index (χ1n) is 5.99. The molecule has 2 aromatic rings. The molecule has 0 aliphatic carbocycles. The highest BCUT2D eigenvalue weighted by molar-refractivity contribution is 8.01. The van der Waals surface area contributed by atoms with Crippen molar-refractivity contribution in [1.29, 1.82) is 0 Å².